The van der Waals surface area contributed by atoms with Crippen LogP contribution in [-0.4, -0.2) is 43.8 Å². The maximum Gasteiger partial charge on any atom is 0.269 e. The molecule has 0 fully saturated rings. The van der Waals surface area contributed by atoms with Crippen LogP contribution in [0.15, 0.2) is 96.8 Å². The summed E-state index contributed by atoms with van der Waals surface area (Å²) >= 11 is 1.56. The van der Waals surface area contributed by atoms with Gasteiger partial charge in [-0.25, -0.2) is 4.98 Å². The lowest BCUT2D eigenvalue weighted by Gasteiger charge is -2.31. The Bertz CT molecular complexity index is 1730. The van der Waals surface area contributed by atoms with Crippen molar-refractivity contribution < 1.29 is 14.5 Å². The minimum Gasteiger partial charge on any atom is -0.351 e. The van der Waals surface area contributed by atoms with Gasteiger partial charge in [0.05, 0.1) is 24.1 Å². The van der Waals surface area contributed by atoms with Crippen LogP contribution < -0.4 is 5.32 Å². The monoisotopic (exact) mass is 609 g/mol. The van der Waals surface area contributed by atoms with E-state index < -0.39 is 4.92 Å². The standard InChI is InChI=1S/C34H35N5O4S/c1-24(2)32(36-33(40)17-29-19-35-23-38(29)20-25-12-14-28(15-13-25)39(42)43)22-37(34(41)18-30-10-6-16-44-30)21-27-9-5-8-26-7-3-4-11-31(26)27/h3-16,19,23-24,32H,17-18,20-22H2,1-2H3,(H,36,40)/t32-/m1/s1. The summed E-state index contributed by atoms with van der Waals surface area (Å²) in [6.07, 6.45) is 3.73. The maximum absolute atomic E-state index is 13.7. The molecule has 2 amide bonds. The summed E-state index contributed by atoms with van der Waals surface area (Å²) in [5.74, 6) is -0.0695. The third kappa shape index (κ3) is 7.76. The van der Waals surface area contributed by atoms with Gasteiger partial charge in [-0.15, -0.1) is 11.3 Å². The molecule has 0 spiro atoms. The Balaban J connectivity index is 1.30. The van der Waals surface area contributed by atoms with Crippen LogP contribution in [0.2, 0.25) is 0 Å². The molecule has 0 aliphatic heterocycles. The number of aromatic nitrogens is 2. The highest BCUT2D eigenvalue weighted by atomic mass is 32.1. The largest absolute Gasteiger partial charge is 0.351 e. The average molecular weight is 610 g/mol. The smallest absolute Gasteiger partial charge is 0.269 e. The molecule has 1 atom stereocenters. The number of nitrogens with zero attached hydrogens (tertiary/aromatic N) is 4. The van der Waals surface area contributed by atoms with Gasteiger partial charge in [-0.1, -0.05) is 74.5 Å². The molecule has 0 radical (unpaired) electrons. The van der Waals surface area contributed by atoms with Gasteiger partial charge in [0.2, 0.25) is 11.8 Å². The van der Waals surface area contributed by atoms with Gasteiger partial charge >= 0.3 is 0 Å². The quantitative estimate of drug-likeness (QED) is 0.130. The summed E-state index contributed by atoms with van der Waals surface area (Å²) in [5, 5.41) is 18.4. The van der Waals surface area contributed by atoms with E-state index >= 15 is 0 Å². The van der Waals surface area contributed by atoms with Crippen LogP contribution in [0.3, 0.4) is 0 Å². The number of nitrogens with one attached hydrogen (secondary N) is 1. The molecule has 226 valence electrons. The molecule has 3 aromatic carbocycles. The Kier molecular flexibility index (Phi) is 9.81. The molecule has 0 saturated heterocycles. The first-order chi connectivity index (χ1) is 21.3. The van der Waals surface area contributed by atoms with E-state index in [0.717, 1.165) is 32.5 Å². The number of fused-ring (bicyclic) bond motifs is 1. The van der Waals surface area contributed by atoms with Crippen molar-refractivity contribution in [2.24, 2.45) is 5.92 Å². The fraction of sp³-hybridized carbons (Fsp3) is 0.265. The number of carbonyl (C=O) groups is 2. The van der Waals surface area contributed by atoms with Gasteiger partial charge in [-0.2, -0.15) is 0 Å². The number of imidazole rings is 1. The van der Waals surface area contributed by atoms with Gasteiger partial charge < -0.3 is 14.8 Å². The van der Waals surface area contributed by atoms with E-state index in [4.69, 9.17) is 0 Å². The number of hydrogen-bond acceptors (Lipinski definition) is 6. The number of nitro groups is 1. The van der Waals surface area contributed by atoms with Crippen LogP contribution in [-0.2, 0) is 35.5 Å². The van der Waals surface area contributed by atoms with Gasteiger partial charge in [0.1, 0.15) is 0 Å². The lowest BCUT2D eigenvalue weighted by atomic mass is 10.0. The molecule has 2 aromatic heterocycles. The van der Waals surface area contributed by atoms with Crippen molar-refractivity contribution in [1.29, 1.82) is 0 Å². The first kappa shape index (κ1) is 30.6. The van der Waals surface area contributed by atoms with Crippen molar-refractivity contribution in [3.05, 3.63) is 129 Å². The predicted octanol–water partition coefficient (Wildman–Crippen LogP) is 6.01. The Labute approximate surface area is 260 Å². The minimum absolute atomic E-state index is 0.0152. The van der Waals surface area contributed by atoms with Crippen LogP contribution in [0.4, 0.5) is 5.69 Å². The average Bonchev–Trinajstić information content (AvgIpc) is 3.68. The van der Waals surface area contributed by atoms with Gasteiger partial charge in [0, 0.05) is 54.6 Å². The third-order valence-electron chi connectivity index (χ3n) is 7.71. The topological polar surface area (TPSA) is 110 Å². The molecule has 5 aromatic rings. The summed E-state index contributed by atoms with van der Waals surface area (Å²) in [6.45, 7) is 5.34. The van der Waals surface area contributed by atoms with E-state index in [1.807, 2.05) is 59.0 Å². The van der Waals surface area contributed by atoms with E-state index in [2.05, 4.69) is 34.6 Å². The van der Waals surface area contributed by atoms with Gasteiger partial charge in [0.15, 0.2) is 0 Å². The molecule has 0 aliphatic carbocycles. The van der Waals surface area contributed by atoms with E-state index in [9.17, 15) is 19.7 Å². The predicted molar refractivity (Wildman–Crippen MR) is 172 cm³/mol. The minimum atomic E-state index is -0.430. The van der Waals surface area contributed by atoms with Crippen molar-refractivity contribution >= 4 is 39.6 Å². The first-order valence-corrected chi connectivity index (χ1v) is 15.4. The number of rotatable bonds is 13. The summed E-state index contributed by atoms with van der Waals surface area (Å²) < 4.78 is 1.86. The van der Waals surface area contributed by atoms with Crippen LogP contribution in [0.5, 0.6) is 0 Å². The zero-order valence-electron chi connectivity index (χ0n) is 24.8. The summed E-state index contributed by atoms with van der Waals surface area (Å²) in [6, 6.07) is 24.3. The molecule has 1 N–H and O–H groups in total. The van der Waals surface area contributed by atoms with E-state index in [0.29, 0.717) is 26.1 Å². The molecular weight excluding hydrogens is 574 g/mol. The van der Waals surface area contributed by atoms with Crippen molar-refractivity contribution in [1.82, 2.24) is 19.8 Å². The lowest BCUT2D eigenvalue weighted by molar-refractivity contribution is -0.384. The SMILES string of the molecule is CC(C)[C@@H](CN(Cc1cccc2ccccc12)C(=O)Cc1cccs1)NC(=O)Cc1cncn1Cc1ccc([N+](=O)[O-])cc1. The Morgan fingerprint density at radius 2 is 1.77 bits per heavy atom. The molecule has 5 rings (SSSR count). The molecule has 2 heterocycles. The van der Waals surface area contributed by atoms with Crippen LogP contribution in [0.25, 0.3) is 10.8 Å². The van der Waals surface area contributed by atoms with E-state index in [1.54, 1.807) is 36.0 Å². The second-order valence-electron chi connectivity index (χ2n) is 11.2. The normalized spacial score (nSPS) is 11.9. The summed E-state index contributed by atoms with van der Waals surface area (Å²) in [4.78, 5) is 44.7. The van der Waals surface area contributed by atoms with Gasteiger partial charge in [0.25, 0.3) is 5.69 Å². The number of nitro benzene ring substituents is 1. The highest BCUT2D eigenvalue weighted by molar-refractivity contribution is 7.10. The van der Waals surface area contributed by atoms with Crippen molar-refractivity contribution in [3.8, 4) is 0 Å². The molecule has 0 saturated carbocycles. The molecule has 0 aliphatic rings. The molecular formula is C34H35N5O4S. The number of amides is 2. The highest BCUT2D eigenvalue weighted by Crippen LogP contribution is 2.22. The summed E-state index contributed by atoms with van der Waals surface area (Å²) in [5.41, 5.74) is 2.68. The van der Waals surface area contributed by atoms with Crippen molar-refractivity contribution in [2.75, 3.05) is 6.54 Å². The van der Waals surface area contributed by atoms with Crippen molar-refractivity contribution in [3.63, 3.8) is 0 Å². The lowest BCUT2D eigenvalue weighted by Crippen LogP contribution is -2.49. The van der Waals surface area contributed by atoms with E-state index in [-0.39, 0.29) is 35.9 Å². The van der Waals surface area contributed by atoms with Crippen LogP contribution in [0, 0.1) is 16.0 Å². The third-order valence-corrected chi connectivity index (χ3v) is 8.58. The van der Waals surface area contributed by atoms with Gasteiger partial charge in [-0.05, 0) is 39.3 Å². The Morgan fingerprint density at radius 3 is 2.50 bits per heavy atom. The zero-order chi connectivity index (χ0) is 31.1. The van der Waals surface area contributed by atoms with Crippen molar-refractivity contribution in [2.45, 2.75) is 45.8 Å². The number of thiophene rings is 1. The molecule has 10 heteroatoms. The number of benzene rings is 3. The fourth-order valence-electron chi connectivity index (χ4n) is 5.20. The first-order valence-electron chi connectivity index (χ1n) is 14.6. The fourth-order valence-corrected chi connectivity index (χ4v) is 5.90. The molecule has 44 heavy (non-hydrogen) atoms. The highest BCUT2D eigenvalue weighted by Gasteiger charge is 2.25. The van der Waals surface area contributed by atoms with Crippen LogP contribution >= 0.6 is 11.3 Å². The van der Waals surface area contributed by atoms with Crippen LogP contribution in [0.1, 0.15) is 35.5 Å². The molecule has 9 nitrogen and oxygen atoms in total. The van der Waals surface area contributed by atoms with Gasteiger partial charge in [-0.3, -0.25) is 19.7 Å². The maximum atomic E-state index is 13.7. The number of carbonyl (C=O) groups excluding carboxylic acids is 2. The molecule has 0 unspecified atom stereocenters. The second kappa shape index (κ2) is 14.1. The molecule has 0 bridgehead atoms. The zero-order valence-corrected chi connectivity index (χ0v) is 25.6. The Morgan fingerprint density at radius 1 is 1.00 bits per heavy atom. The number of non-ortho nitro benzene ring substituents is 1. The second-order valence-corrected chi connectivity index (χ2v) is 12.2. The Hall–Kier alpha value is -4.83. The van der Waals surface area contributed by atoms with E-state index in [1.165, 1.54) is 12.1 Å². The summed E-state index contributed by atoms with van der Waals surface area (Å²) in [7, 11) is 0. The number of hydrogen-bond donors (Lipinski definition) is 1.